The monoisotopic (exact) mass is 257 g/mol. The van der Waals surface area contributed by atoms with Crippen LogP contribution in [0.4, 0.5) is 0 Å². The van der Waals surface area contributed by atoms with Gasteiger partial charge in [-0.2, -0.15) is 0 Å². The van der Waals surface area contributed by atoms with E-state index in [1.807, 2.05) is 50.4 Å². The summed E-state index contributed by atoms with van der Waals surface area (Å²) in [5.74, 6) is 0.645. The van der Waals surface area contributed by atoms with Crippen molar-refractivity contribution in [2.24, 2.45) is 0 Å². The number of nitrogens with zero attached hydrogens (tertiary/aromatic N) is 2. The molecule has 0 amide bonds. The van der Waals surface area contributed by atoms with Crippen molar-refractivity contribution < 1.29 is 4.74 Å². The average Bonchev–Trinajstić information content (AvgIpc) is 2.44. The van der Waals surface area contributed by atoms with Crippen molar-refractivity contribution in [2.75, 3.05) is 13.6 Å². The predicted molar refractivity (Wildman–Crippen MR) is 75.1 cm³/mol. The second kappa shape index (κ2) is 6.85. The molecule has 0 fully saturated rings. The van der Waals surface area contributed by atoms with Gasteiger partial charge >= 0.3 is 0 Å². The molecule has 2 aromatic heterocycles. The quantitative estimate of drug-likeness (QED) is 0.863. The van der Waals surface area contributed by atoms with Crippen molar-refractivity contribution >= 4 is 0 Å². The Morgan fingerprint density at radius 3 is 2.79 bits per heavy atom. The van der Waals surface area contributed by atoms with Crippen LogP contribution in [0.25, 0.3) is 0 Å². The van der Waals surface area contributed by atoms with Gasteiger partial charge in [-0.15, -0.1) is 0 Å². The molecule has 0 radical (unpaired) electrons. The van der Waals surface area contributed by atoms with Crippen molar-refractivity contribution in [3.63, 3.8) is 0 Å². The summed E-state index contributed by atoms with van der Waals surface area (Å²) in [6, 6.07) is 11.6. The Hall–Kier alpha value is -1.94. The summed E-state index contributed by atoms with van der Waals surface area (Å²) in [5, 5.41) is 3.14. The van der Waals surface area contributed by atoms with Gasteiger partial charge in [0.05, 0.1) is 5.69 Å². The summed E-state index contributed by atoms with van der Waals surface area (Å²) in [6.07, 6.45) is 2.56. The molecule has 2 rings (SSSR count). The molecular formula is C15H19N3O. The van der Waals surface area contributed by atoms with Gasteiger partial charge in [0.1, 0.15) is 6.10 Å². The van der Waals surface area contributed by atoms with E-state index in [1.165, 1.54) is 0 Å². The number of nitrogens with one attached hydrogen (secondary N) is 1. The number of rotatable bonds is 6. The third kappa shape index (κ3) is 4.03. The number of hydrogen-bond donors (Lipinski definition) is 1. The first-order chi connectivity index (χ1) is 9.29. The van der Waals surface area contributed by atoms with Crippen molar-refractivity contribution in [3.05, 3.63) is 54.0 Å². The zero-order valence-electron chi connectivity index (χ0n) is 11.3. The summed E-state index contributed by atoms with van der Waals surface area (Å²) in [5.41, 5.74) is 1.88. The zero-order valence-corrected chi connectivity index (χ0v) is 11.3. The van der Waals surface area contributed by atoms with E-state index in [-0.39, 0.29) is 6.10 Å². The third-order valence-corrected chi connectivity index (χ3v) is 2.80. The van der Waals surface area contributed by atoms with Gasteiger partial charge in [0.2, 0.25) is 5.88 Å². The van der Waals surface area contributed by atoms with E-state index in [1.54, 1.807) is 6.20 Å². The first-order valence-corrected chi connectivity index (χ1v) is 6.45. The van der Waals surface area contributed by atoms with Crippen LogP contribution in [0, 0.1) is 6.92 Å². The van der Waals surface area contributed by atoms with Crippen LogP contribution in [-0.4, -0.2) is 23.6 Å². The van der Waals surface area contributed by atoms with Crippen molar-refractivity contribution in [1.82, 2.24) is 15.3 Å². The SMILES string of the molecule is CNCC[C@@H](Oc1cccc(C)n1)c1ccccn1. The van der Waals surface area contributed by atoms with E-state index < -0.39 is 0 Å². The third-order valence-electron chi connectivity index (χ3n) is 2.80. The Labute approximate surface area is 113 Å². The largest absolute Gasteiger partial charge is 0.468 e. The molecule has 19 heavy (non-hydrogen) atoms. The molecule has 2 aromatic rings. The van der Waals surface area contributed by atoms with E-state index in [9.17, 15) is 0 Å². The molecule has 4 heteroatoms. The molecule has 0 unspecified atom stereocenters. The maximum atomic E-state index is 5.97. The lowest BCUT2D eigenvalue weighted by atomic mass is 10.1. The standard InChI is InChI=1S/C15H19N3O/c1-12-6-5-8-15(18-12)19-14(9-11-16-2)13-7-3-4-10-17-13/h3-8,10,14,16H,9,11H2,1-2H3/t14-/m1/s1. The van der Waals surface area contributed by atoms with Crippen LogP contribution in [0.2, 0.25) is 0 Å². The van der Waals surface area contributed by atoms with Gasteiger partial charge < -0.3 is 10.1 Å². The molecule has 4 nitrogen and oxygen atoms in total. The fraction of sp³-hybridized carbons (Fsp3) is 0.333. The molecule has 0 spiro atoms. The summed E-state index contributed by atoms with van der Waals surface area (Å²) in [6.45, 7) is 2.82. The van der Waals surface area contributed by atoms with Crippen molar-refractivity contribution in [3.8, 4) is 5.88 Å². The second-order valence-electron chi connectivity index (χ2n) is 4.37. The highest BCUT2D eigenvalue weighted by Crippen LogP contribution is 2.21. The molecule has 1 atom stereocenters. The summed E-state index contributed by atoms with van der Waals surface area (Å²) in [4.78, 5) is 8.75. The lowest BCUT2D eigenvalue weighted by Gasteiger charge is -2.18. The number of aryl methyl sites for hydroxylation is 1. The number of hydrogen-bond acceptors (Lipinski definition) is 4. The maximum absolute atomic E-state index is 5.97. The smallest absolute Gasteiger partial charge is 0.214 e. The second-order valence-corrected chi connectivity index (χ2v) is 4.37. The van der Waals surface area contributed by atoms with Gasteiger partial charge in [0.25, 0.3) is 0 Å². The fourth-order valence-corrected chi connectivity index (χ4v) is 1.84. The van der Waals surface area contributed by atoms with Crippen LogP contribution in [0.1, 0.15) is 23.9 Å². The van der Waals surface area contributed by atoms with Gasteiger partial charge in [-0.05, 0) is 38.7 Å². The van der Waals surface area contributed by atoms with E-state index in [4.69, 9.17) is 4.74 Å². The minimum absolute atomic E-state index is 0.0806. The lowest BCUT2D eigenvalue weighted by Crippen LogP contribution is -2.17. The molecule has 0 aliphatic carbocycles. The van der Waals surface area contributed by atoms with E-state index in [0.29, 0.717) is 5.88 Å². The highest BCUT2D eigenvalue weighted by atomic mass is 16.5. The summed E-state index contributed by atoms with van der Waals surface area (Å²) in [7, 11) is 1.93. The molecule has 1 N–H and O–H groups in total. The van der Waals surface area contributed by atoms with Crippen LogP contribution in [0.15, 0.2) is 42.6 Å². The zero-order chi connectivity index (χ0) is 13.5. The van der Waals surface area contributed by atoms with E-state index >= 15 is 0 Å². The van der Waals surface area contributed by atoms with E-state index in [2.05, 4.69) is 15.3 Å². The minimum atomic E-state index is -0.0806. The van der Waals surface area contributed by atoms with Crippen molar-refractivity contribution in [2.45, 2.75) is 19.4 Å². The van der Waals surface area contributed by atoms with Crippen LogP contribution in [-0.2, 0) is 0 Å². The highest BCUT2D eigenvalue weighted by molar-refractivity contribution is 5.17. The summed E-state index contributed by atoms with van der Waals surface area (Å²) < 4.78 is 5.97. The number of pyridine rings is 2. The molecule has 0 bridgehead atoms. The highest BCUT2D eigenvalue weighted by Gasteiger charge is 2.14. The van der Waals surface area contributed by atoms with Gasteiger partial charge in [0, 0.05) is 24.4 Å². The Morgan fingerprint density at radius 2 is 2.11 bits per heavy atom. The molecule has 2 heterocycles. The molecule has 100 valence electrons. The van der Waals surface area contributed by atoms with E-state index in [0.717, 1.165) is 24.4 Å². The normalized spacial score (nSPS) is 12.1. The van der Waals surface area contributed by atoms with Crippen LogP contribution < -0.4 is 10.1 Å². The Morgan fingerprint density at radius 1 is 1.21 bits per heavy atom. The van der Waals surface area contributed by atoms with Crippen molar-refractivity contribution in [1.29, 1.82) is 0 Å². The Kier molecular flexibility index (Phi) is 4.86. The van der Waals surface area contributed by atoms with Gasteiger partial charge in [-0.3, -0.25) is 4.98 Å². The Bertz CT molecular complexity index is 502. The molecule has 0 aliphatic heterocycles. The van der Waals surface area contributed by atoms with Gasteiger partial charge in [-0.25, -0.2) is 4.98 Å². The van der Waals surface area contributed by atoms with Gasteiger partial charge in [0.15, 0.2) is 0 Å². The van der Waals surface area contributed by atoms with Crippen LogP contribution >= 0.6 is 0 Å². The average molecular weight is 257 g/mol. The predicted octanol–water partition coefficient (Wildman–Crippen LogP) is 2.51. The van der Waals surface area contributed by atoms with Crippen LogP contribution in [0.5, 0.6) is 5.88 Å². The molecule has 0 saturated heterocycles. The number of aromatic nitrogens is 2. The maximum Gasteiger partial charge on any atom is 0.214 e. The Balaban J connectivity index is 2.14. The first-order valence-electron chi connectivity index (χ1n) is 6.45. The molecular weight excluding hydrogens is 238 g/mol. The molecule has 0 saturated carbocycles. The summed E-state index contributed by atoms with van der Waals surface area (Å²) >= 11 is 0. The molecule has 0 aliphatic rings. The lowest BCUT2D eigenvalue weighted by molar-refractivity contribution is 0.182. The minimum Gasteiger partial charge on any atom is -0.468 e. The fourth-order valence-electron chi connectivity index (χ4n) is 1.84. The van der Waals surface area contributed by atoms with Gasteiger partial charge in [-0.1, -0.05) is 12.1 Å². The van der Waals surface area contributed by atoms with Crippen LogP contribution in [0.3, 0.4) is 0 Å². The molecule has 0 aromatic carbocycles. The number of ether oxygens (including phenoxy) is 1. The topological polar surface area (TPSA) is 47.0 Å². The first kappa shape index (κ1) is 13.5.